The second-order valence-electron chi connectivity index (χ2n) is 5.71. The third kappa shape index (κ3) is 2.84. The van der Waals surface area contributed by atoms with Crippen LogP contribution in [0.25, 0.3) is 0 Å². The van der Waals surface area contributed by atoms with E-state index in [0.717, 1.165) is 16.5 Å². The fraction of sp³-hybridized carbons (Fsp3) is 0.571. The highest BCUT2D eigenvalue weighted by molar-refractivity contribution is 7.69. The van der Waals surface area contributed by atoms with Gasteiger partial charge < -0.3 is 9.47 Å². The van der Waals surface area contributed by atoms with Crippen molar-refractivity contribution in [2.75, 3.05) is 0 Å². The lowest BCUT2D eigenvalue weighted by Gasteiger charge is -2.40. The Kier molecular flexibility index (Phi) is 4.02. The van der Waals surface area contributed by atoms with E-state index in [-0.39, 0.29) is 0 Å². The highest BCUT2D eigenvalue weighted by Gasteiger charge is 2.42. The SMILES string of the molecule is CC1(C2CCCC2)OCc2cc([Si](Cl)(Cl)Cl)ccc2O1. The van der Waals surface area contributed by atoms with Crippen molar-refractivity contribution < 1.29 is 9.47 Å². The van der Waals surface area contributed by atoms with Crippen LogP contribution in [0, 0.1) is 5.92 Å². The van der Waals surface area contributed by atoms with Crippen molar-refractivity contribution in [2.24, 2.45) is 5.92 Å². The molecule has 1 saturated carbocycles. The smallest absolute Gasteiger partial charge is 0.372 e. The summed E-state index contributed by atoms with van der Waals surface area (Å²) in [6.45, 7) is 2.56. The van der Waals surface area contributed by atoms with E-state index in [4.69, 9.17) is 42.7 Å². The minimum atomic E-state index is -2.85. The van der Waals surface area contributed by atoms with Crippen LogP contribution in [0.3, 0.4) is 0 Å². The summed E-state index contributed by atoms with van der Waals surface area (Å²) in [4.78, 5) is 0. The fourth-order valence-electron chi connectivity index (χ4n) is 3.09. The molecule has 1 aliphatic carbocycles. The van der Waals surface area contributed by atoms with Crippen LogP contribution >= 0.6 is 33.2 Å². The van der Waals surface area contributed by atoms with Crippen molar-refractivity contribution in [3.05, 3.63) is 23.8 Å². The van der Waals surface area contributed by atoms with Crippen LogP contribution in [0.5, 0.6) is 5.75 Å². The number of benzene rings is 1. The zero-order valence-electron chi connectivity index (χ0n) is 11.3. The second-order valence-corrected chi connectivity index (χ2v) is 14.1. The molecule has 1 unspecified atom stereocenters. The van der Waals surface area contributed by atoms with Gasteiger partial charge in [0.1, 0.15) is 5.75 Å². The van der Waals surface area contributed by atoms with E-state index in [9.17, 15) is 0 Å². The normalized spacial score (nSPS) is 27.2. The lowest BCUT2D eigenvalue weighted by atomic mass is 9.97. The number of rotatable bonds is 2. The molecule has 20 heavy (non-hydrogen) atoms. The number of halogens is 3. The first-order chi connectivity index (χ1) is 9.38. The first kappa shape index (κ1) is 15.0. The first-order valence-electron chi connectivity index (χ1n) is 6.91. The Morgan fingerprint density at radius 1 is 1.20 bits per heavy atom. The quantitative estimate of drug-likeness (QED) is 0.582. The monoisotopic (exact) mass is 350 g/mol. The molecular weight excluding hydrogens is 335 g/mol. The molecule has 1 atom stereocenters. The Balaban J connectivity index is 1.85. The zero-order chi connectivity index (χ0) is 14.4. The molecule has 1 aromatic carbocycles. The maximum Gasteiger partial charge on any atom is 0.372 e. The van der Waals surface area contributed by atoms with Gasteiger partial charge in [-0.1, -0.05) is 25.0 Å². The second kappa shape index (κ2) is 5.36. The highest BCUT2D eigenvalue weighted by Crippen LogP contribution is 2.42. The van der Waals surface area contributed by atoms with Crippen molar-refractivity contribution in [1.82, 2.24) is 0 Å². The van der Waals surface area contributed by atoms with E-state index in [1.165, 1.54) is 25.7 Å². The molecule has 0 amide bonds. The molecule has 0 radical (unpaired) electrons. The minimum Gasteiger partial charge on any atom is -0.462 e. The third-order valence-electron chi connectivity index (χ3n) is 4.31. The Labute approximate surface area is 134 Å². The van der Waals surface area contributed by atoms with Crippen LogP contribution in [0.4, 0.5) is 0 Å². The van der Waals surface area contributed by atoms with Crippen molar-refractivity contribution >= 4 is 44.4 Å². The van der Waals surface area contributed by atoms with Crippen LogP contribution in [-0.2, 0) is 11.3 Å². The Morgan fingerprint density at radius 3 is 2.55 bits per heavy atom. The summed E-state index contributed by atoms with van der Waals surface area (Å²) in [5, 5.41) is 0.776. The van der Waals surface area contributed by atoms with E-state index in [0.29, 0.717) is 12.5 Å². The summed E-state index contributed by atoms with van der Waals surface area (Å²) in [5.74, 6) is 0.818. The van der Waals surface area contributed by atoms with Gasteiger partial charge in [-0.25, -0.2) is 0 Å². The highest BCUT2D eigenvalue weighted by atomic mass is 35.8. The summed E-state index contributed by atoms with van der Waals surface area (Å²) < 4.78 is 12.1. The van der Waals surface area contributed by atoms with Gasteiger partial charge in [-0.15, -0.1) is 33.2 Å². The number of hydrogen-bond acceptors (Lipinski definition) is 2. The third-order valence-corrected chi connectivity index (χ3v) is 7.24. The van der Waals surface area contributed by atoms with E-state index in [1.54, 1.807) is 0 Å². The molecule has 1 aliphatic heterocycles. The molecular formula is C14H17Cl3O2Si. The number of ether oxygens (including phenoxy) is 2. The van der Waals surface area contributed by atoms with Crippen LogP contribution < -0.4 is 9.92 Å². The van der Waals surface area contributed by atoms with E-state index < -0.39 is 11.8 Å². The van der Waals surface area contributed by atoms with Gasteiger partial charge in [0.2, 0.25) is 5.79 Å². The van der Waals surface area contributed by atoms with Gasteiger partial charge in [-0.2, -0.15) is 0 Å². The lowest BCUT2D eigenvalue weighted by molar-refractivity contribution is -0.224. The maximum atomic E-state index is 6.13. The molecule has 1 heterocycles. The molecule has 2 aliphatic rings. The van der Waals surface area contributed by atoms with Gasteiger partial charge in [0.05, 0.1) is 6.61 Å². The summed E-state index contributed by atoms with van der Waals surface area (Å²) >= 11 is 18.1. The number of fused-ring (bicyclic) bond motifs is 1. The zero-order valence-corrected chi connectivity index (χ0v) is 14.6. The molecule has 6 heteroatoms. The fourth-order valence-corrected chi connectivity index (χ4v) is 4.76. The molecule has 0 saturated heterocycles. The summed E-state index contributed by atoms with van der Waals surface area (Å²) in [6, 6.07) is 2.83. The van der Waals surface area contributed by atoms with E-state index >= 15 is 0 Å². The average Bonchev–Trinajstić information content (AvgIpc) is 2.91. The Bertz CT molecular complexity index is 512. The summed E-state index contributed by atoms with van der Waals surface area (Å²) in [5.41, 5.74) is 0.969. The molecule has 0 aromatic heterocycles. The summed E-state index contributed by atoms with van der Waals surface area (Å²) in [6.07, 6.45) is 4.87. The molecule has 0 N–H and O–H groups in total. The topological polar surface area (TPSA) is 18.5 Å². The molecule has 0 bridgehead atoms. The van der Waals surface area contributed by atoms with Crippen molar-refractivity contribution in [2.45, 2.75) is 45.0 Å². The van der Waals surface area contributed by atoms with Gasteiger partial charge in [-0.05, 0) is 24.1 Å². The van der Waals surface area contributed by atoms with Crippen LogP contribution in [-0.4, -0.2) is 11.8 Å². The minimum absolute atomic E-state index is 0.470. The van der Waals surface area contributed by atoms with Crippen LogP contribution in [0.1, 0.15) is 38.2 Å². The lowest BCUT2D eigenvalue weighted by Crippen LogP contribution is -2.45. The molecule has 3 rings (SSSR count). The predicted octanol–water partition coefficient (Wildman–Crippen LogP) is 4.36. The standard InChI is InChI=1S/C14H17Cl3O2Si/c1-14(11-4-2-3-5-11)18-9-10-8-12(20(15,16)17)6-7-13(10)19-14/h6-8,11H,2-5,9H2,1H3. The molecule has 110 valence electrons. The van der Waals surface area contributed by atoms with Gasteiger partial charge in [0.25, 0.3) is 0 Å². The van der Waals surface area contributed by atoms with Gasteiger partial charge in [0, 0.05) is 18.4 Å². The molecule has 1 fully saturated rings. The van der Waals surface area contributed by atoms with Gasteiger partial charge in [-0.3, -0.25) is 0 Å². The Morgan fingerprint density at radius 2 is 1.90 bits per heavy atom. The van der Waals surface area contributed by atoms with Gasteiger partial charge in [0.15, 0.2) is 0 Å². The van der Waals surface area contributed by atoms with Gasteiger partial charge >= 0.3 is 6.00 Å². The van der Waals surface area contributed by atoms with Crippen molar-refractivity contribution in [1.29, 1.82) is 0 Å². The van der Waals surface area contributed by atoms with E-state index in [1.807, 2.05) is 25.1 Å². The largest absolute Gasteiger partial charge is 0.462 e. The van der Waals surface area contributed by atoms with Crippen LogP contribution in [0.15, 0.2) is 18.2 Å². The number of hydrogen-bond donors (Lipinski definition) is 0. The van der Waals surface area contributed by atoms with Crippen molar-refractivity contribution in [3.63, 3.8) is 0 Å². The Hall–Kier alpha value is 0.0669. The van der Waals surface area contributed by atoms with Crippen molar-refractivity contribution in [3.8, 4) is 5.75 Å². The maximum absolute atomic E-state index is 6.13. The molecule has 2 nitrogen and oxygen atoms in total. The molecule has 0 spiro atoms. The predicted molar refractivity (Wildman–Crippen MR) is 85.2 cm³/mol. The average molecular weight is 352 g/mol. The van der Waals surface area contributed by atoms with Crippen LogP contribution in [0.2, 0.25) is 0 Å². The van der Waals surface area contributed by atoms with E-state index in [2.05, 4.69) is 0 Å². The first-order valence-corrected chi connectivity index (χ1v) is 12.0. The molecule has 1 aromatic rings. The summed E-state index contributed by atoms with van der Waals surface area (Å²) in [7, 11) is 0.